The van der Waals surface area contributed by atoms with Gasteiger partial charge in [0.05, 0.1) is 29.3 Å². The van der Waals surface area contributed by atoms with Gasteiger partial charge < -0.3 is 15.4 Å². The molecule has 0 saturated heterocycles. The van der Waals surface area contributed by atoms with E-state index < -0.39 is 5.60 Å². The summed E-state index contributed by atoms with van der Waals surface area (Å²) < 4.78 is 7.33. The number of rotatable bonds is 7. The maximum atomic E-state index is 10.0. The molecule has 3 aromatic heterocycles. The third-order valence-corrected chi connectivity index (χ3v) is 6.32. The molecule has 5 rings (SSSR count). The molecule has 0 amide bonds. The fourth-order valence-electron chi connectivity index (χ4n) is 4.30. The summed E-state index contributed by atoms with van der Waals surface area (Å²) in [6.45, 7) is 6.06. The summed E-state index contributed by atoms with van der Waals surface area (Å²) in [7, 11) is 0. The van der Waals surface area contributed by atoms with Gasteiger partial charge in [-0.15, -0.1) is 0 Å². The lowest BCUT2D eigenvalue weighted by molar-refractivity contribution is 0.0577. The van der Waals surface area contributed by atoms with Crippen LogP contribution in [0.2, 0.25) is 0 Å². The van der Waals surface area contributed by atoms with Crippen LogP contribution in [-0.2, 0) is 12.0 Å². The largest absolute Gasteiger partial charge is 0.389 e. The van der Waals surface area contributed by atoms with E-state index in [0.717, 1.165) is 35.1 Å². The number of benzene rings is 1. The Hall–Kier alpha value is -3.52. The molecular weight excluding hydrogens is 416 g/mol. The number of hydrogen-bond acceptors (Lipinski definition) is 7. The second kappa shape index (κ2) is 7.81. The Bertz CT molecular complexity index is 1250. The first-order valence-electron chi connectivity index (χ1n) is 11.1. The normalized spacial score (nSPS) is 16.0. The van der Waals surface area contributed by atoms with Crippen LogP contribution in [0.1, 0.15) is 45.0 Å². The van der Waals surface area contributed by atoms with Crippen molar-refractivity contribution in [1.82, 2.24) is 24.9 Å². The van der Waals surface area contributed by atoms with E-state index in [1.165, 1.54) is 0 Å². The van der Waals surface area contributed by atoms with Crippen LogP contribution < -0.4 is 5.73 Å². The molecule has 0 radical (unpaired) electrons. The highest BCUT2D eigenvalue weighted by Gasteiger charge is 2.47. The lowest BCUT2D eigenvalue weighted by Gasteiger charge is -2.27. The van der Waals surface area contributed by atoms with Crippen LogP contribution in [0, 0.1) is 5.92 Å². The topological polar surface area (TPSA) is 116 Å². The van der Waals surface area contributed by atoms with Crippen molar-refractivity contribution >= 4 is 5.82 Å². The molecule has 33 heavy (non-hydrogen) atoms. The first-order chi connectivity index (χ1) is 15.7. The molecule has 1 aliphatic rings. The van der Waals surface area contributed by atoms with Gasteiger partial charge in [0.2, 0.25) is 0 Å². The monoisotopic (exact) mass is 444 g/mol. The van der Waals surface area contributed by atoms with Crippen LogP contribution in [0.15, 0.2) is 59.5 Å². The van der Waals surface area contributed by atoms with Crippen molar-refractivity contribution in [2.45, 2.75) is 51.2 Å². The molecule has 8 heteroatoms. The van der Waals surface area contributed by atoms with Crippen molar-refractivity contribution in [2.24, 2.45) is 5.92 Å². The number of nitrogen functional groups attached to an aromatic ring is 1. The van der Waals surface area contributed by atoms with Crippen molar-refractivity contribution in [1.29, 1.82) is 0 Å². The van der Waals surface area contributed by atoms with Crippen LogP contribution >= 0.6 is 0 Å². The molecule has 4 aromatic rings. The zero-order chi connectivity index (χ0) is 23.2. The number of nitrogens with zero attached hydrogens (tertiary/aromatic N) is 5. The van der Waals surface area contributed by atoms with E-state index in [0.29, 0.717) is 30.0 Å². The van der Waals surface area contributed by atoms with Crippen LogP contribution in [-0.4, -0.2) is 35.6 Å². The van der Waals surface area contributed by atoms with Gasteiger partial charge in [-0.25, -0.2) is 4.98 Å². The first-order valence-corrected chi connectivity index (χ1v) is 11.1. The predicted molar refractivity (Wildman–Crippen MR) is 125 cm³/mol. The summed E-state index contributed by atoms with van der Waals surface area (Å²) in [6.07, 6.45) is 7.56. The van der Waals surface area contributed by atoms with Gasteiger partial charge in [0.25, 0.3) is 5.89 Å². The zero-order valence-electron chi connectivity index (χ0n) is 19.1. The van der Waals surface area contributed by atoms with E-state index in [-0.39, 0.29) is 5.41 Å². The minimum Gasteiger partial charge on any atom is -0.389 e. The Morgan fingerprint density at radius 3 is 2.39 bits per heavy atom. The third-order valence-electron chi connectivity index (χ3n) is 6.32. The van der Waals surface area contributed by atoms with Crippen LogP contribution in [0.5, 0.6) is 0 Å². The Morgan fingerprint density at radius 2 is 1.76 bits per heavy atom. The molecule has 1 fully saturated rings. The highest BCUT2D eigenvalue weighted by atomic mass is 16.5. The summed E-state index contributed by atoms with van der Waals surface area (Å²) in [4.78, 5) is 8.96. The van der Waals surface area contributed by atoms with Gasteiger partial charge in [-0.3, -0.25) is 4.68 Å². The van der Waals surface area contributed by atoms with E-state index in [4.69, 9.17) is 15.2 Å². The quantitative estimate of drug-likeness (QED) is 0.441. The van der Waals surface area contributed by atoms with Crippen LogP contribution in [0.3, 0.4) is 0 Å². The van der Waals surface area contributed by atoms with Crippen molar-refractivity contribution in [3.05, 3.63) is 66.4 Å². The second-order valence-corrected chi connectivity index (χ2v) is 9.69. The maximum absolute atomic E-state index is 10.0. The fourth-order valence-corrected chi connectivity index (χ4v) is 4.30. The molecule has 3 N–H and O–H groups in total. The molecule has 170 valence electrons. The highest BCUT2D eigenvalue weighted by molar-refractivity contribution is 5.64. The van der Waals surface area contributed by atoms with Crippen molar-refractivity contribution < 1.29 is 9.63 Å². The number of aliphatic hydroxyl groups is 1. The molecule has 1 saturated carbocycles. The Labute approximate surface area is 192 Å². The summed E-state index contributed by atoms with van der Waals surface area (Å²) >= 11 is 0. The van der Waals surface area contributed by atoms with Gasteiger partial charge in [-0.05, 0) is 62.8 Å². The third kappa shape index (κ3) is 4.26. The lowest BCUT2D eigenvalue weighted by atomic mass is 9.76. The van der Waals surface area contributed by atoms with E-state index in [2.05, 4.69) is 46.4 Å². The summed E-state index contributed by atoms with van der Waals surface area (Å²) in [5.74, 6) is 2.08. The van der Waals surface area contributed by atoms with Crippen LogP contribution in [0.25, 0.3) is 22.6 Å². The number of aromatic nitrogens is 5. The Morgan fingerprint density at radius 1 is 1.03 bits per heavy atom. The number of anilines is 1. The first kappa shape index (κ1) is 21.3. The lowest BCUT2D eigenvalue weighted by Crippen LogP contribution is -2.28. The molecule has 0 bridgehead atoms. The molecule has 0 spiro atoms. The van der Waals surface area contributed by atoms with Gasteiger partial charge in [0.15, 0.2) is 5.82 Å². The van der Waals surface area contributed by atoms with Gasteiger partial charge in [-0.1, -0.05) is 29.4 Å². The van der Waals surface area contributed by atoms with Gasteiger partial charge in [0, 0.05) is 18.0 Å². The number of pyridine rings is 1. The highest BCUT2D eigenvalue weighted by Crippen LogP contribution is 2.50. The van der Waals surface area contributed by atoms with E-state index >= 15 is 0 Å². The van der Waals surface area contributed by atoms with Crippen molar-refractivity contribution in [3.8, 4) is 22.6 Å². The van der Waals surface area contributed by atoms with Gasteiger partial charge in [-0.2, -0.15) is 10.1 Å². The molecule has 8 nitrogen and oxygen atoms in total. The SMILES string of the molecule is CC(C)(O)Cn1cc(-c2nc(C(C)(c3ccc(-c4ccc(N)nc4)cc3)C3CC3)no2)cn1. The fraction of sp³-hybridized carbons (Fsp3) is 0.360. The molecule has 1 unspecified atom stereocenters. The van der Waals surface area contributed by atoms with Crippen LogP contribution in [0.4, 0.5) is 5.82 Å². The standard InChI is InChI=1S/C25H28N6O2/c1-24(2,32)15-31-14-18(13-28-31)22-29-23(30-33-22)25(3,20-9-10-20)19-7-4-16(5-8-19)17-6-11-21(26)27-12-17/h4-8,11-14,20,32H,9-10,15H2,1-3H3,(H2,26,27). The van der Waals surface area contributed by atoms with E-state index in [1.807, 2.05) is 18.3 Å². The van der Waals surface area contributed by atoms with Crippen molar-refractivity contribution in [3.63, 3.8) is 0 Å². The van der Waals surface area contributed by atoms with E-state index in [1.54, 1.807) is 30.9 Å². The average Bonchev–Trinajstić information content (AvgIpc) is 3.35. The summed E-state index contributed by atoms with van der Waals surface area (Å²) in [6, 6.07) is 12.3. The Kier molecular flexibility index (Phi) is 5.05. The van der Waals surface area contributed by atoms with Gasteiger partial charge >= 0.3 is 0 Å². The smallest absolute Gasteiger partial charge is 0.261 e. The molecular formula is C25H28N6O2. The maximum Gasteiger partial charge on any atom is 0.261 e. The molecule has 0 aliphatic heterocycles. The summed E-state index contributed by atoms with van der Waals surface area (Å²) in [5, 5.41) is 18.7. The number of nitrogens with two attached hydrogens (primary N) is 1. The van der Waals surface area contributed by atoms with E-state index in [9.17, 15) is 5.11 Å². The minimum absolute atomic E-state index is 0.345. The average molecular weight is 445 g/mol. The number of hydrogen-bond donors (Lipinski definition) is 2. The van der Waals surface area contributed by atoms with Gasteiger partial charge in [0.1, 0.15) is 5.82 Å². The molecule has 1 aliphatic carbocycles. The Balaban J connectivity index is 1.43. The minimum atomic E-state index is -0.859. The zero-order valence-corrected chi connectivity index (χ0v) is 19.1. The molecule has 1 aromatic carbocycles. The molecule has 1 atom stereocenters. The predicted octanol–water partition coefficient (Wildman–Crippen LogP) is 4.06. The van der Waals surface area contributed by atoms with Crippen molar-refractivity contribution in [2.75, 3.05) is 5.73 Å². The second-order valence-electron chi connectivity index (χ2n) is 9.69. The molecule has 3 heterocycles. The summed E-state index contributed by atoms with van der Waals surface area (Å²) in [5.41, 5.74) is 8.51.